The van der Waals surface area contributed by atoms with Crippen LogP contribution in [0.1, 0.15) is 31.2 Å². The van der Waals surface area contributed by atoms with Gasteiger partial charge in [-0.25, -0.2) is 0 Å². The van der Waals surface area contributed by atoms with Gasteiger partial charge in [-0.1, -0.05) is 30.3 Å². The number of benzene rings is 1. The molecule has 0 radical (unpaired) electrons. The predicted octanol–water partition coefficient (Wildman–Crippen LogP) is 1.75. The number of carbonyl (C=O) groups is 2. The van der Waals surface area contributed by atoms with E-state index in [1.165, 1.54) is 5.56 Å². The van der Waals surface area contributed by atoms with Crippen molar-refractivity contribution < 1.29 is 9.59 Å². The van der Waals surface area contributed by atoms with E-state index in [1.54, 1.807) is 0 Å². The summed E-state index contributed by atoms with van der Waals surface area (Å²) in [5, 5.41) is 2.81. The topological polar surface area (TPSA) is 49.4 Å². The van der Waals surface area contributed by atoms with Gasteiger partial charge in [-0.15, -0.1) is 0 Å². The number of hydrogen-bond donors (Lipinski definition) is 1. The second-order valence-electron chi connectivity index (χ2n) is 6.06. The van der Waals surface area contributed by atoms with E-state index in [-0.39, 0.29) is 17.7 Å². The molecule has 2 heterocycles. The first-order valence-corrected chi connectivity index (χ1v) is 7.85. The Bertz CT molecular complexity index is 505. The highest BCUT2D eigenvalue weighted by Crippen LogP contribution is 2.25. The lowest BCUT2D eigenvalue weighted by atomic mass is 9.96. The predicted molar refractivity (Wildman–Crippen MR) is 80.6 cm³/mol. The van der Waals surface area contributed by atoms with Crippen molar-refractivity contribution >= 4 is 11.8 Å². The number of hydrogen-bond acceptors (Lipinski definition) is 2. The molecule has 2 aliphatic heterocycles. The van der Waals surface area contributed by atoms with Gasteiger partial charge in [0.2, 0.25) is 11.8 Å². The molecule has 3 rings (SSSR count). The number of piperidine rings is 1. The molecule has 2 saturated heterocycles. The fourth-order valence-corrected chi connectivity index (χ4v) is 3.40. The first-order valence-electron chi connectivity index (χ1n) is 7.85. The standard InChI is InChI=1S/C17H22N2O2/c20-16-9-8-14(12-18-16)17(21)19-10-4-7-15(19)11-13-5-2-1-3-6-13/h1-3,5-6,14-15H,4,7-12H2,(H,18,20)/t14-,15-/m0/s1. The molecule has 0 spiro atoms. The number of amides is 2. The highest BCUT2D eigenvalue weighted by Gasteiger charge is 2.34. The summed E-state index contributed by atoms with van der Waals surface area (Å²) in [4.78, 5) is 26.0. The van der Waals surface area contributed by atoms with Crippen molar-refractivity contribution in [2.75, 3.05) is 13.1 Å². The van der Waals surface area contributed by atoms with Gasteiger partial charge in [0.05, 0.1) is 5.92 Å². The van der Waals surface area contributed by atoms with E-state index < -0.39 is 0 Å². The maximum atomic E-state index is 12.7. The number of carbonyl (C=O) groups excluding carboxylic acids is 2. The van der Waals surface area contributed by atoms with Crippen LogP contribution in [-0.2, 0) is 16.0 Å². The van der Waals surface area contributed by atoms with Crippen molar-refractivity contribution in [3.63, 3.8) is 0 Å². The molecule has 2 atom stereocenters. The first kappa shape index (κ1) is 14.1. The normalized spacial score (nSPS) is 25.7. The van der Waals surface area contributed by atoms with Crippen LogP contribution in [0.15, 0.2) is 30.3 Å². The minimum Gasteiger partial charge on any atom is -0.355 e. The molecule has 112 valence electrons. The quantitative estimate of drug-likeness (QED) is 0.920. The average Bonchev–Trinajstić information content (AvgIpc) is 2.96. The molecule has 1 aromatic rings. The molecule has 1 aromatic carbocycles. The highest BCUT2D eigenvalue weighted by atomic mass is 16.2. The van der Waals surface area contributed by atoms with Gasteiger partial charge in [-0.05, 0) is 31.2 Å². The molecule has 0 aromatic heterocycles. The monoisotopic (exact) mass is 286 g/mol. The minimum atomic E-state index is -0.0286. The van der Waals surface area contributed by atoms with Gasteiger partial charge in [-0.3, -0.25) is 9.59 Å². The Labute approximate surface area is 125 Å². The molecule has 0 unspecified atom stereocenters. The lowest BCUT2D eigenvalue weighted by molar-refractivity contribution is -0.138. The van der Waals surface area contributed by atoms with Crippen LogP contribution < -0.4 is 5.32 Å². The summed E-state index contributed by atoms with van der Waals surface area (Å²) in [6.07, 6.45) is 4.28. The molecule has 4 nitrogen and oxygen atoms in total. The van der Waals surface area contributed by atoms with E-state index in [9.17, 15) is 9.59 Å². The van der Waals surface area contributed by atoms with Gasteiger partial charge < -0.3 is 10.2 Å². The largest absolute Gasteiger partial charge is 0.355 e. The van der Waals surface area contributed by atoms with Gasteiger partial charge in [0.15, 0.2) is 0 Å². The van der Waals surface area contributed by atoms with Crippen LogP contribution in [0.5, 0.6) is 0 Å². The van der Waals surface area contributed by atoms with Gasteiger partial charge in [-0.2, -0.15) is 0 Å². The molecule has 2 fully saturated rings. The van der Waals surface area contributed by atoms with Crippen LogP contribution in [0.25, 0.3) is 0 Å². The zero-order chi connectivity index (χ0) is 14.7. The zero-order valence-electron chi connectivity index (χ0n) is 12.3. The summed E-state index contributed by atoms with van der Waals surface area (Å²) < 4.78 is 0. The molecule has 4 heteroatoms. The summed E-state index contributed by atoms with van der Waals surface area (Å²) in [5.74, 6) is 0.272. The third-order valence-electron chi connectivity index (χ3n) is 4.59. The fraction of sp³-hybridized carbons (Fsp3) is 0.529. The summed E-state index contributed by atoms with van der Waals surface area (Å²) in [6.45, 7) is 1.37. The number of nitrogens with zero attached hydrogens (tertiary/aromatic N) is 1. The maximum absolute atomic E-state index is 12.7. The molecular weight excluding hydrogens is 264 g/mol. The summed E-state index contributed by atoms with van der Waals surface area (Å²) in [7, 11) is 0. The Morgan fingerprint density at radius 1 is 1.24 bits per heavy atom. The Morgan fingerprint density at radius 3 is 2.76 bits per heavy atom. The van der Waals surface area contributed by atoms with Gasteiger partial charge in [0, 0.05) is 25.6 Å². The second-order valence-corrected chi connectivity index (χ2v) is 6.06. The smallest absolute Gasteiger partial charge is 0.227 e. The highest BCUT2D eigenvalue weighted by molar-refractivity contribution is 5.84. The van der Waals surface area contributed by atoms with Crippen molar-refractivity contribution in [3.05, 3.63) is 35.9 Å². The average molecular weight is 286 g/mol. The molecule has 2 aliphatic rings. The Kier molecular flexibility index (Phi) is 4.23. The lowest BCUT2D eigenvalue weighted by Crippen LogP contribution is -2.46. The number of nitrogens with one attached hydrogen (secondary N) is 1. The van der Waals surface area contributed by atoms with Crippen molar-refractivity contribution in [2.45, 2.75) is 38.1 Å². The third-order valence-corrected chi connectivity index (χ3v) is 4.59. The summed E-state index contributed by atoms with van der Waals surface area (Å²) >= 11 is 0. The summed E-state index contributed by atoms with van der Waals surface area (Å²) in [5.41, 5.74) is 1.29. The van der Waals surface area contributed by atoms with Crippen molar-refractivity contribution in [3.8, 4) is 0 Å². The van der Waals surface area contributed by atoms with E-state index in [4.69, 9.17) is 0 Å². The van der Waals surface area contributed by atoms with Gasteiger partial charge in [0.25, 0.3) is 0 Å². The Balaban J connectivity index is 1.63. The maximum Gasteiger partial charge on any atom is 0.227 e. The lowest BCUT2D eigenvalue weighted by Gasteiger charge is -2.30. The van der Waals surface area contributed by atoms with Crippen molar-refractivity contribution in [1.82, 2.24) is 10.2 Å². The van der Waals surface area contributed by atoms with Crippen LogP contribution in [-0.4, -0.2) is 35.8 Å². The van der Waals surface area contributed by atoms with Gasteiger partial charge in [0.1, 0.15) is 0 Å². The molecule has 0 aliphatic carbocycles. The van der Waals surface area contributed by atoms with E-state index in [0.717, 1.165) is 25.8 Å². The SMILES string of the molecule is O=C1CC[C@H](C(=O)N2CCC[C@H]2Cc2ccccc2)CN1. The summed E-state index contributed by atoms with van der Waals surface area (Å²) in [6, 6.07) is 10.7. The van der Waals surface area contributed by atoms with E-state index >= 15 is 0 Å². The van der Waals surface area contributed by atoms with Crippen molar-refractivity contribution in [2.24, 2.45) is 5.92 Å². The third kappa shape index (κ3) is 3.26. The van der Waals surface area contributed by atoms with Crippen LogP contribution in [0, 0.1) is 5.92 Å². The van der Waals surface area contributed by atoms with Crippen LogP contribution in [0.4, 0.5) is 0 Å². The van der Waals surface area contributed by atoms with Gasteiger partial charge >= 0.3 is 0 Å². The Hall–Kier alpha value is -1.84. The molecule has 21 heavy (non-hydrogen) atoms. The van der Waals surface area contributed by atoms with Crippen LogP contribution >= 0.6 is 0 Å². The van der Waals surface area contributed by atoms with Crippen LogP contribution in [0.3, 0.4) is 0 Å². The Morgan fingerprint density at radius 2 is 2.05 bits per heavy atom. The van der Waals surface area contributed by atoms with Crippen molar-refractivity contribution in [1.29, 1.82) is 0 Å². The number of rotatable bonds is 3. The number of likely N-dealkylation sites (tertiary alicyclic amines) is 1. The minimum absolute atomic E-state index is 0.0286. The van der Waals surface area contributed by atoms with E-state index in [1.807, 2.05) is 18.2 Å². The molecular formula is C17H22N2O2. The molecule has 0 bridgehead atoms. The van der Waals surface area contributed by atoms with E-state index in [2.05, 4.69) is 22.3 Å². The van der Waals surface area contributed by atoms with E-state index in [0.29, 0.717) is 25.4 Å². The van der Waals surface area contributed by atoms with Crippen LogP contribution in [0.2, 0.25) is 0 Å². The zero-order valence-corrected chi connectivity index (χ0v) is 12.3. The second kappa shape index (κ2) is 6.29. The first-order chi connectivity index (χ1) is 10.2. The molecule has 1 N–H and O–H groups in total. The fourth-order valence-electron chi connectivity index (χ4n) is 3.40. The molecule has 0 saturated carbocycles. The molecule has 2 amide bonds.